The molecule has 4 rings (SSSR count). The standard InChI is InChI=1S/C21H16F5N3/c1-12-20(11-19(27-12)15-7-6-13(22)10-17(15)23)29-9-8-18(28-29)14-4-2-3-5-16(14)21(24,25)26/h2-7,10-11,27H,8-9H2,1H3. The Hall–Kier alpha value is -3.16. The van der Waals surface area contributed by atoms with Gasteiger partial charge in [0.2, 0.25) is 0 Å². The predicted molar refractivity (Wildman–Crippen MR) is 101 cm³/mol. The van der Waals surface area contributed by atoms with Gasteiger partial charge in [-0.15, -0.1) is 0 Å². The van der Waals surface area contributed by atoms with E-state index in [1.165, 1.54) is 18.2 Å². The van der Waals surface area contributed by atoms with Gasteiger partial charge in [0.1, 0.15) is 11.6 Å². The summed E-state index contributed by atoms with van der Waals surface area (Å²) in [4.78, 5) is 3.03. The molecule has 0 saturated carbocycles. The molecule has 1 N–H and O–H groups in total. The molecule has 3 aromatic rings. The van der Waals surface area contributed by atoms with Crippen LogP contribution in [0.25, 0.3) is 11.3 Å². The van der Waals surface area contributed by atoms with E-state index in [1.807, 2.05) is 0 Å². The summed E-state index contributed by atoms with van der Waals surface area (Å²) in [5, 5.41) is 5.98. The van der Waals surface area contributed by atoms with Crippen LogP contribution < -0.4 is 5.01 Å². The Morgan fingerprint density at radius 3 is 2.48 bits per heavy atom. The lowest BCUT2D eigenvalue weighted by Gasteiger charge is -2.13. The SMILES string of the molecule is Cc1[nH]c(-c2ccc(F)cc2F)cc1N1CCC(c2ccccc2C(F)(F)F)=N1. The van der Waals surface area contributed by atoms with Crippen molar-refractivity contribution in [2.24, 2.45) is 5.10 Å². The Labute approximate surface area is 163 Å². The summed E-state index contributed by atoms with van der Waals surface area (Å²) in [5.41, 5.74) is 1.62. The maximum atomic E-state index is 14.1. The summed E-state index contributed by atoms with van der Waals surface area (Å²) in [5.74, 6) is -1.38. The highest BCUT2D eigenvalue weighted by Crippen LogP contribution is 2.35. The van der Waals surface area contributed by atoms with Crippen LogP contribution in [0.15, 0.2) is 53.6 Å². The smallest absolute Gasteiger partial charge is 0.357 e. The fraction of sp³-hybridized carbons (Fsp3) is 0.190. The van der Waals surface area contributed by atoms with Crippen LogP contribution in [0.3, 0.4) is 0 Å². The van der Waals surface area contributed by atoms with Gasteiger partial charge in [-0.2, -0.15) is 18.3 Å². The van der Waals surface area contributed by atoms with E-state index < -0.39 is 23.4 Å². The van der Waals surface area contributed by atoms with Crippen molar-refractivity contribution < 1.29 is 22.0 Å². The lowest BCUT2D eigenvalue weighted by atomic mass is 10.0. The summed E-state index contributed by atoms with van der Waals surface area (Å²) < 4.78 is 67.2. The van der Waals surface area contributed by atoms with E-state index in [9.17, 15) is 22.0 Å². The number of nitrogens with zero attached hydrogens (tertiary/aromatic N) is 2. The lowest BCUT2D eigenvalue weighted by Crippen LogP contribution is -2.12. The average Bonchev–Trinajstić information content (AvgIpc) is 3.28. The van der Waals surface area contributed by atoms with Crippen LogP contribution in [0.5, 0.6) is 0 Å². The minimum absolute atomic E-state index is 0.0560. The highest BCUT2D eigenvalue weighted by molar-refractivity contribution is 6.04. The number of aromatic nitrogens is 1. The van der Waals surface area contributed by atoms with Crippen LogP contribution in [-0.2, 0) is 6.18 Å². The quantitative estimate of drug-likeness (QED) is 0.541. The maximum absolute atomic E-state index is 14.1. The molecule has 2 aromatic carbocycles. The number of benzene rings is 2. The second kappa shape index (κ2) is 7.02. The van der Waals surface area contributed by atoms with Crippen molar-refractivity contribution in [3.8, 4) is 11.3 Å². The lowest BCUT2D eigenvalue weighted by molar-refractivity contribution is -0.137. The van der Waals surface area contributed by atoms with Crippen LogP contribution in [-0.4, -0.2) is 17.2 Å². The Bertz CT molecular complexity index is 1100. The van der Waals surface area contributed by atoms with Crippen molar-refractivity contribution in [1.82, 2.24) is 4.98 Å². The normalized spacial score (nSPS) is 14.4. The molecule has 0 radical (unpaired) electrons. The zero-order valence-corrected chi connectivity index (χ0v) is 15.3. The van der Waals surface area contributed by atoms with Gasteiger partial charge in [-0.3, -0.25) is 5.01 Å². The summed E-state index contributed by atoms with van der Waals surface area (Å²) in [7, 11) is 0. The molecular formula is C21H16F5N3. The Balaban J connectivity index is 1.68. The van der Waals surface area contributed by atoms with Gasteiger partial charge < -0.3 is 4.98 Å². The van der Waals surface area contributed by atoms with Gasteiger partial charge in [0.25, 0.3) is 0 Å². The first kappa shape index (κ1) is 19.2. The van der Waals surface area contributed by atoms with Crippen molar-refractivity contribution in [3.63, 3.8) is 0 Å². The third kappa shape index (κ3) is 3.62. The minimum Gasteiger partial charge on any atom is -0.357 e. The molecule has 0 bridgehead atoms. The van der Waals surface area contributed by atoms with Gasteiger partial charge >= 0.3 is 6.18 Å². The van der Waals surface area contributed by atoms with Crippen molar-refractivity contribution in [1.29, 1.82) is 0 Å². The highest BCUT2D eigenvalue weighted by Gasteiger charge is 2.35. The molecule has 150 valence electrons. The first-order valence-corrected chi connectivity index (χ1v) is 8.90. The third-order valence-corrected chi connectivity index (χ3v) is 4.83. The van der Waals surface area contributed by atoms with Crippen LogP contribution in [0.1, 0.15) is 23.2 Å². The molecule has 3 nitrogen and oxygen atoms in total. The third-order valence-electron chi connectivity index (χ3n) is 4.83. The number of rotatable bonds is 3. The minimum atomic E-state index is -4.47. The molecule has 1 aromatic heterocycles. The topological polar surface area (TPSA) is 31.4 Å². The van der Waals surface area contributed by atoms with Crippen LogP contribution in [0.4, 0.5) is 27.6 Å². The van der Waals surface area contributed by atoms with E-state index in [0.717, 1.165) is 18.2 Å². The number of aryl methyl sites for hydroxylation is 1. The van der Waals surface area contributed by atoms with E-state index in [0.29, 0.717) is 35.8 Å². The molecule has 8 heteroatoms. The zero-order chi connectivity index (χ0) is 20.8. The van der Waals surface area contributed by atoms with Gasteiger partial charge in [0, 0.05) is 35.9 Å². The van der Waals surface area contributed by atoms with E-state index in [-0.39, 0.29) is 11.1 Å². The van der Waals surface area contributed by atoms with Crippen molar-refractivity contribution in [2.75, 3.05) is 11.6 Å². The number of hydrazone groups is 1. The molecule has 1 aliphatic rings. The number of halogens is 5. The number of alkyl halides is 3. The Morgan fingerprint density at radius 1 is 1.00 bits per heavy atom. The highest BCUT2D eigenvalue weighted by atomic mass is 19.4. The van der Waals surface area contributed by atoms with Gasteiger partial charge in [0.15, 0.2) is 0 Å². The average molecular weight is 405 g/mol. The van der Waals surface area contributed by atoms with Crippen LogP contribution in [0, 0.1) is 18.6 Å². The van der Waals surface area contributed by atoms with Gasteiger partial charge in [-0.25, -0.2) is 8.78 Å². The summed E-state index contributed by atoms with van der Waals surface area (Å²) in [6.07, 6.45) is -4.12. The molecular weight excluding hydrogens is 389 g/mol. The first-order chi connectivity index (χ1) is 13.7. The van der Waals surface area contributed by atoms with E-state index >= 15 is 0 Å². The molecule has 1 aliphatic heterocycles. The van der Waals surface area contributed by atoms with Gasteiger partial charge in [-0.05, 0) is 31.2 Å². The molecule has 0 saturated heterocycles. The van der Waals surface area contributed by atoms with Crippen LogP contribution in [0.2, 0.25) is 0 Å². The predicted octanol–water partition coefficient (Wildman–Crippen LogP) is 5.90. The van der Waals surface area contributed by atoms with Crippen molar-refractivity contribution >= 4 is 11.4 Å². The summed E-state index contributed by atoms with van der Waals surface area (Å²) in [6, 6.07) is 10.3. The molecule has 0 fully saturated rings. The number of aromatic amines is 1. The number of nitrogens with one attached hydrogen (secondary N) is 1. The van der Waals surface area contributed by atoms with Crippen LogP contribution >= 0.6 is 0 Å². The molecule has 0 amide bonds. The first-order valence-electron chi connectivity index (χ1n) is 8.90. The second-order valence-corrected chi connectivity index (χ2v) is 6.78. The summed E-state index contributed by atoms with van der Waals surface area (Å²) in [6.45, 7) is 2.16. The number of anilines is 1. The second-order valence-electron chi connectivity index (χ2n) is 6.78. The fourth-order valence-electron chi connectivity index (χ4n) is 3.47. The number of hydrogen-bond acceptors (Lipinski definition) is 2. The monoisotopic (exact) mass is 405 g/mol. The largest absolute Gasteiger partial charge is 0.417 e. The van der Waals surface area contributed by atoms with Gasteiger partial charge in [0.05, 0.1) is 22.7 Å². The molecule has 0 unspecified atom stereocenters. The maximum Gasteiger partial charge on any atom is 0.417 e. The Morgan fingerprint density at radius 2 is 1.76 bits per heavy atom. The van der Waals surface area contributed by atoms with Crippen molar-refractivity contribution in [3.05, 3.63) is 77.0 Å². The molecule has 0 aliphatic carbocycles. The van der Waals surface area contributed by atoms with E-state index in [4.69, 9.17) is 0 Å². The Kier molecular flexibility index (Phi) is 4.64. The fourth-order valence-corrected chi connectivity index (χ4v) is 3.47. The van der Waals surface area contributed by atoms with Crippen molar-refractivity contribution in [2.45, 2.75) is 19.5 Å². The molecule has 0 spiro atoms. The number of H-pyrrole nitrogens is 1. The zero-order valence-electron chi connectivity index (χ0n) is 15.3. The molecule has 29 heavy (non-hydrogen) atoms. The summed E-state index contributed by atoms with van der Waals surface area (Å²) >= 11 is 0. The van der Waals surface area contributed by atoms with E-state index in [1.54, 1.807) is 24.1 Å². The molecule has 2 heterocycles. The van der Waals surface area contributed by atoms with Gasteiger partial charge in [-0.1, -0.05) is 18.2 Å². The molecule has 0 atom stereocenters. The van der Waals surface area contributed by atoms with E-state index in [2.05, 4.69) is 10.1 Å². The number of hydrogen-bond donors (Lipinski definition) is 1.